The zero-order chi connectivity index (χ0) is 13.1. The molecule has 1 aliphatic heterocycles. The van der Waals surface area contributed by atoms with Crippen LogP contribution in [0.25, 0.3) is 0 Å². The first-order chi connectivity index (χ1) is 8.58. The van der Waals surface area contributed by atoms with Crippen LogP contribution in [0.3, 0.4) is 0 Å². The van der Waals surface area contributed by atoms with E-state index in [0.717, 1.165) is 6.42 Å². The molecule has 96 valence electrons. The molecule has 1 heterocycles. The Morgan fingerprint density at radius 2 is 2.22 bits per heavy atom. The quantitative estimate of drug-likeness (QED) is 0.858. The smallest absolute Gasteiger partial charge is 0.322 e. The van der Waals surface area contributed by atoms with Crippen LogP contribution in [0.1, 0.15) is 12.8 Å². The van der Waals surface area contributed by atoms with Crippen LogP contribution >= 0.6 is 11.6 Å². The number of nitrogens with one attached hydrogen (secondary N) is 1. The molecule has 1 fully saturated rings. The topological polar surface area (TPSA) is 75.4 Å². The summed E-state index contributed by atoms with van der Waals surface area (Å²) in [5, 5.41) is 3.25. The number of urea groups is 1. The maximum atomic E-state index is 12.0. The first kappa shape index (κ1) is 12.7. The van der Waals surface area contributed by atoms with E-state index in [1.807, 2.05) is 0 Å². The molecule has 1 aliphatic rings. The Morgan fingerprint density at radius 1 is 1.44 bits per heavy atom. The van der Waals surface area contributed by atoms with E-state index in [1.165, 1.54) is 4.90 Å². The second-order valence-electron chi connectivity index (χ2n) is 4.19. The third-order valence-corrected chi connectivity index (χ3v) is 3.15. The second-order valence-corrected chi connectivity index (χ2v) is 4.63. The average molecular weight is 268 g/mol. The Morgan fingerprint density at radius 3 is 2.89 bits per heavy atom. The van der Waals surface area contributed by atoms with Crippen molar-refractivity contribution in [3.8, 4) is 0 Å². The van der Waals surface area contributed by atoms with E-state index in [1.54, 1.807) is 24.3 Å². The van der Waals surface area contributed by atoms with Gasteiger partial charge in [0.1, 0.15) is 6.04 Å². The lowest BCUT2D eigenvalue weighted by atomic mass is 10.2. The Kier molecular flexibility index (Phi) is 3.72. The molecule has 0 unspecified atom stereocenters. The fraction of sp³-hybridized carbons (Fsp3) is 0.333. The van der Waals surface area contributed by atoms with Crippen molar-refractivity contribution < 1.29 is 9.59 Å². The van der Waals surface area contributed by atoms with Gasteiger partial charge in [0.25, 0.3) is 0 Å². The van der Waals surface area contributed by atoms with Gasteiger partial charge in [-0.25, -0.2) is 4.79 Å². The van der Waals surface area contributed by atoms with Gasteiger partial charge in [-0.05, 0) is 31.0 Å². The van der Waals surface area contributed by atoms with Gasteiger partial charge in [0.05, 0.1) is 0 Å². The van der Waals surface area contributed by atoms with Gasteiger partial charge < -0.3 is 16.0 Å². The van der Waals surface area contributed by atoms with Crippen LogP contribution in [0.15, 0.2) is 24.3 Å². The van der Waals surface area contributed by atoms with E-state index in [2.05, 4.69) is 5.32 Å². The molecule has 0 spiro atoms. The molecule has 18 heavy (non-hydrogen) atoms. The van der Waals surface area contributed by atoms with Crippen molar-refractivity contribution in [2.75, 3.05) is 11.9 Å². The lowest BCUT2D eigenvalue weighted by molar-refractivity contribution is -0.121. The van der Waals surface area contributed by atoms with Gasteiger partial charge in [-0.3, -0.25) is 4.79 Å². The molecule has 1 aromatic rings. The van der Waals surface area contributed by atoms with Gasteiger partial charge in [-0.1, -0.05) is 17.7 Å². The highest BCUT2D eigenvalue weighted by atomic mass is 35.5. The molecule has 0 aliphatic carbocycles. The van der Waals surface area contributed by atoms with Crippen molar-refractivity contribution >= 4 is 29.2 Å². The molecule has 2 rings (SSSR count). The minimum atomic E-state index is -0.510. The van der Waals surface area contributed by atoms with Gasteiger partial charge in [-0.2, -0.15) is 0 Å². The summed E-state index contributed by atoms with van der Waals surface area (Å²) >= 11 is 5.83. The number of benzene rings is 1. The number of nitrogens with two attached hydrogens (primary N) is 1. The Hall–Kier alpha value is -1.75. The normalized spacial score (nSPS) is 18.7. The SMILES string of the molecule is NC(=O)[C@@H]1CCCN1C(=O)Nc1cccc(Cl)c1. The van der Waals surface area contributed by atoms with Gasteiger partial charge in [0.15, 0.2) is 0 Å². The number of carbonyl (C=O) groups excluding carboxylic acids is 2. The maximum Gasteiger partial charge on any atom is 0.322 e. The van der Waals surface area contributed by atoms with Crippen molar-refractivity contribution in [3.05, 3.63) is 29.3 Å². The molecule has 1 saturated heterocycles. The standard InChI is InChI=1S/C12H14ClN3O2/c13-8-3-1-4-9(7-8)15-12(18)16-6-2-5-10(16)11(14)17/h1,3-4,7,10H,2,5-6H2,(H2,14,17)(H,15,18)/t10-/m0/s1. The Balaban J connectivity index is 2.06. The number of hydrogen-bond acceptors (Lipinski definition) is 2. The molecule has 1 aromatic carbocycles. The Labute approximate surface area is 110 Å². The molecular formula is C12H14ClN3O2. The number of hydrogen-bond donors (Lipinski definition) is 2. The summed E-state index contributed by atoms with van der Waals surface area (Å²) in [4.78, 5) is 24.7. The maximum absolute atomic E-state index is 12.0. The van der Waals surface area contributed by atoms with Crippen LogP contribution in [0.4, 0.5) is 10.5 Å². The fourth-order valence-corrected chi connectivity index (χ4v) is 2.26. The van der Waals surface area contributed by atoms with Crippen LogP contribution in [-0.4, -0.2) is 29.4 Å². The number of likely N-dealkylation sites (tertiary alicyclic amines) is 1. The number of primary amides is 1. The highest BCUT2D eigenvalue weighted by Crippen LogP contribution is 2.20. The first-order valence-corrected chi connectivity index (χ1v) is 6.08. The third-order valence-electron chi connectivity index (χ3n) is 2.92. The van der Waals surface area contributed by atoms with Gasteiger partial charge in [0, 0.05) is 17.3 Å². The summed E-state index contributed by atoms with van der Waals surface area (Å²) in [5.74, 6) is -0.464. The van der Waals surface area contributed by atoms with Crippen molar-refractivity contribution in [1.29, 1.82) is 0 Å². The van der Waals surface area contributed by atoms with Crippen LogP contribution in [0.2, 0.25) is 5.02 Å². The summed E-state index contributed by atoms with van der Waals surface area (Å²) < 4.78 is 0. The van der Waals surface area contributed by atoms with Gasteiger partial charge >= 0.3 is 6.03 Å². The number of carbonyl (C=O) groups is 2. The summed E-state index contributed by atoms with van der Waals surface area (Å²) in [6, 6.07) is 6.02. The van der Waals surface area contributed by atoms with E-state index in [4.69, 9.17) is 17.3 Å². The number of rotatable bonds is 2. The lowest BCUT2D eigenvalue weighted by Crippen LogP contribution is -2.45. The zero-order valence-corrected chi connectivity index (χ0v) is 10.5. The van der Waals surface area contributed by atoms with E-state index in [-0.39, 0.29) is 6.03 Å². The second kappa shape index (κ2) is 5.27. The van der Waals surface area contributed by atoms with Crippen molar-refractivity contribution in [2.45, 2.75) is 18.9 Å². The predicted octanol–water partition coefficient (Wildman–Crippen LogP) is 1.82. The fourth-order valence-electron chi connectivity index (χ4n) is 2.07. The van der Waals surface area contributed by atoms with E-state index < -0.39 is 11.9 Å². The van der Waals surface area contributed by atoms with Gasteiger partial charge in [0.2, 0.25) is 5.91 Å². The summed E-state index contributed by atoms with van der Waals surface area (Å²) in [7, 11) is 0. The number of anilines is 1. The molecule has 3 N–H and O–H groups in total. The van der Waals surface area contributed by atoms with Crippen LogP contribution in [0, 0.1) is 0 Å². The molecule has 0 radical (unpaired) electrons. The molecule has 1 atom stereocenters. The lowest BCUT2D eigenvalue weighted by Gasteiger charge is -2.22. The monoisotopic (exact) mass is 267 g/mol. The molecule has 0 bridgehead atoms. The van der Waals surface area contributed by atoms with Crippen LogP contribution in [0.5, 0.6) is 0 Å². The molecule has 6 heteroatoms. The minimum absolute atomic E-state index is 0.321. The number of nitrogens with zero attached hydrogens (tertiary/aromatic N) is 1. The van der Waals surface area contributed by atoms with Crippen molar-refractivity contribution in [2.24, 2.45) is 5.73 Å². The highest BCUT2D eigenvalue weighted by Gasteiger charge is 2.32. The molecule has 0 aromatic heterocycles. The van der Waals surface area contributed by atoms with Crippen molar-refractivity contribution in [1.82, 2.24) is 4.90 Å². The molecule has 3 amide bonds. The van der Waals surface area contributed by atoms with Crippen molar-refractivity contribution in [3.63, 3.8) is 0 Å². The minimum Gasteiger partial charge on any atom is -0.368 e. The van der Waals surface area contributed by atoms with Crippen LogP contribution < -0.4 is 11.1 Å². The summed E-state index contributed by atoms with van der Waals surface area (Å²) in [6.45, 7) is 0.542. The molecule has 0 saturated carbocycles. The summed E-state index contributed by atoms with van der Waals surface area (Å²) in [5.41, 5.74) is 5.86. The third kappa shape index (κ3) is 2.73. The summed E-state index contributed by atoms with van der Waals surface area (Å²) in [6.07, 6.45) is 1.41. The largest absolute Gasteiger partial charge is 0.368 e. The highest BCUT2D eigenvalue weighted by molar-refractivity contribution is 6.30. The van der Waals surface area contributed by atoms with E-state index >= 15 is 0 Å². The number of halogens is 1. The molecular weight excluding hydrogens is 254 g/mol. The van der Waals surface area contributed by atoms with Crippen LogP contribution in [-0.2, 0) is 4.79 Å². The predicted molar refractivity (Wildman–Crippen MR) is 69.4 cm³/mol. The van der Waals surface area contributed by atoms with Gasteiger partial charge in [-0.15, -0.1) is 0 Å². The van der Waals surface area contributed by atoms with E-state index in [9.17, 15) is 9.59 Å². The molecule has 5 nitrogen and oxygen atoms in total. The zero-order valence-electron chi connectivity index (χ0n) is 9.73. The number of amides is 3. The van der Waals surface area contributed by atoms with E-state index in [0.29, 0.717) is 23.7 Å². The first-order valence-electron chi connectivity index (χ1n) is 5.70. The average Bonchev–Trinajstić information content (AvgIpc) is 2.77. The Bertz CT molecular complexity index is 478.